The molecule has 0 aromatic heterocycles. The van der Waals surface area contributed by atoms with Gasteiger partial charge in [0.25, 0.3) is 11.9 Å². The van der Waals surface area contributed by atoms with Gasteiger partial charge in [0, 0.05) is 6.54 Å². The van der Waals surface area contributed by atoms with Gasteiger partial charge in [-0.25, -0.2) is 30.7 Å². The molecule has 5 unspecified atom stereocenters. The fourth-order valence-corrected chi connectivity index (χ4v) is 2.32. The molecule has 0 rings (SSSR count). The number of rotatable bonds is 12. The number of halogens is 17. The highest BCUT2D eigenvalue weighted by Crippen LogP contribution is 2.59. The topological polar surface area (TPSA) is 80.4 Å². The van der Waals surface area contributed by atoms with Crippen LogP contribution in [0.15, 0.2) is 12.7 Å². The molecule has 0 heterocycles. The van der Waals surface area contributed by atoms with E-state index in [2.05, 4.69) is 6.58 Å². The van der Waals surface area contributed by atoms with Crippen molar-refractivity contribution in [1.29, 1.82) is 0 Å². The van der Waals surface area contributed by atoms with E-state index in [-0.39, 0.29) is 0 Å². The second kappa shape index (κ2) is 11.9. The van der Waals surface area contributed by atoms with E-state index in [1.807, 2.05) is 0 Å². The first-order valence-corrected chi connectivity index (χ1v) is 9.81. The maximum Gasteiger partial charge on any atom is 0.384 e. The molecular weight excluding hydrogens is 585 g/mol. The largest absolute Gasteiger partial charge is 0.384 e. The summed E-state index contributed by atoms with van der Waals surface area (Å²) in [4.78, 5) is 0. The van der Waals surface area contributed by atoms with Gasteiger partial charge in [-0.15, -0.1) is 6.58 Å². The monoisotopic (exact) mass is 599 g/mol. The number of alkyl halides is 17. The molecule has 218 valence electrons. The van der Waals surface area contributed by atoms with Crippen LogP contribution in [0.1, 0.15) is 0 Å². The van der Waals surface area contributed by atoms with Gasteiger partial charge in [-0.05, 0) is 0 Å². The molecule has 0 aliphatic rings. The van der Waals surface area contributed by atoms with Gasteiger partial charge in [0.2, 0.25) is 6.17 Å². The van der Waals surface area contributed by atoms with Gasteiger partial charge in [-0.3, -0.25) is 4.55 Å². The van der Waals surface area contributed by atoms with E-state index in [1.165, 1.54) is 0 Å². The van der Waals surface area contributed by atoms with Crippen molar-refractivity contribution in [3.05, 3.63) is 12.7 Å². The van der Waals surface area contributed by atoms with Crippen LogP contribution in [0, 0.1) is 0 Å². The van der Waals surface area contributed by atoms with Crippen molar-refractivity contribution in [2.75, 3.05) is 6.54 Å². The molecule has 36 heavy (non-hydrogen) atoms. The molecule has 0 aliphatic heterocycles. The van der Waals surface area contributed by atoms with Crippen LogP contribution < -0.4 is 5.73 Å². The molecule has 0 aromatic rings. The van der Waals surface area contributed by atoms with E-state index in [0.29, 0.717) is 6.54 Å². The first-order valence-electron chi connectivity index (χ1n) is 8.30. The number of nitrogens with two attached hydrogens (primary N) is 1. The third kappa shape index (κ3) is 6.64. The van der Waals surface area contributed by atoms with Crippen LogP contribution in [-0.2, 0) is 10.1 Å². The second-order valence-electron chi connectivity index (χ2n) is 6.39. The summed E-state index contributed by atoms with van der Waals surface area (Å²) in [5, 5.41) is 0. The predicted octanol–water partition coefficient (Wildman–Crippen LogP) is 5.09. The first-order chi connectivity index (χ1) is 15.7. The minimum absolute atomic E-state index is 0.583. The van der Waals surface area contributed by atoms with Gasteiger partial charge in [-0.2, -0.15) is 52.3 Å². The first kappa shape index (κ1) is 36.6. The fraction of sp³-hybridized carbons (Fsp3) is 0.857. The van der Waals surface area contributed by atoms with Gasteiger partial charge in [0.15, 0.2) is 18.5 Å². The fourth-order valence-electron chi connectivity index (χ4n) is 1.79. The average Bonchev–Trinajstić information content (AvgIpc) is 2.74. The Bertz CT molecular complexity index is 821. The van der Waals surface area contributed by atoms with E-state index in [1.54, 1.807) is 6.08 Å². The maximum atomic E-state index is 13.4. The zero-order chi connectivity index (χ0) is 29.9. The van der Waals surface area contributed by atoms with E-state index < -0.39 is 76.3 Å². The smallest absolute Gasteiger partial charge is 0.327 e. The molecule has 5 atom stereocenters. The highest BCUT2D eigenvalue weighted by molar-refractivity contribution is 7.86. The third-order valence-corrected chi connectivity index (χ3v) is 4.63. The zero-order valence-electron chi connectivity index (χ0n) is 16.6. The molecule has 0 bridgehead atoms. The Kier molecular flexibility index (Phi) is 12.1. The van der Waals surface area contributed by atoms with Gasteiger partial charge in [-0.1, -0.05) is 6.08 Å². The minimum Gasteiger partial charge on any atom is -0.327 e. The summed E-state index contributed by atoms with van der Waals surface area (Å²) < 4.78 is 249. The Labute approximate surface area is 190 Å². The summed E-state index contributed by atoms with van der Waals surface area (Å²) in [6.07, 6.45) is -23.4. The van der Waals surface area contributed by atoms with E-state index in [4.69, 9.17) is 10.3 Å². The number of hydrogen-bond acceptors (Lipinski definition) is 3. The molecule has 0 amide bonds. The summed E-state index contributed by atoms with van der Waals surface area (Å²) in [5.41, 5.74) is -0.948. The minimum atomic E-state index is -8.41. The van der Waals surface area contributed by atoms with Crippen LogP contribution in [0.2, 0.25) is 0 Å². The quantitative estimate of drug-likeness (QED) is 0.186. The predicted molar refractivity (Wildman–Crippen MR) is 86.0 cm³/mol. The van der Waals surface area contributed by atoms with Crippen molar-refractivity contribution in [2.24, 2.45) is 5.73 Å². The van der Waals surface area contributed by atoms with E-state index in [9.17, 15) is 83.1 Å². The van der Waals surface area contributed by atoms with Crippen LogP contribution in [-0.4, -0.2) is 85.7 Å². The molecule has 3 N–H and O–H groups in total. The van der Waals surface area contributed by atoms with Gasteiger partial charge < -0.3 is 5.73 Å². The third-order valence-electron chi connectivity index (χ3n) is 3.81. The Morgan fingerprint density at radius 1 is 0.694 bits per heavy atom. The molecule has 0 spiro atoms. The lowest BCUT2D eigenvalue weighted by Crippen LogP contribution is -2.71. The highest BCUT2D eigenvalue weighted by Gasteiger charge is 2.89. The lowest BCUT2D eigenvalue weighted by atomic mass is 9.90. The summed E-state index contributed by atoms with van der Waals surface area (Å²) in [7, 11) is -7.10. The average molecular weight is 599 g/mol. The van der Waals surface area contributed by atoms with Crippen LogP contribution in [0.5, 0.6) is 0 Å². The lowest BCUT2D eigenvalue weighted by molar-refractivity contribution is -0.412. The molecule has 0 saturated carbocycles. The molecule has 22 heteroatoms. The van der Waals surface area contributed by atoms with Crippen LogP contribution in [0.25, 0.3) is 0 Å². The number of hydrogen-bond donors (Lipinski definition) is 2. The summed E-state index contributed by atoms with van der Waals surface area (Å²) in [6.45, 7) is 3.94. The Balaban J connectivity index is 0. The van der Waals surface area contributed by atoms with E-state index in [0.717, 1.165) is 0 Å². The van der Waals surface area contributed by atoms with Crippen molar-refractivity contribution in [3.8, 4) is 0 Å². The molecular formula is C14H14F17NO3S. The van der Waals surface area contributed by atoms with Crippen LogP contribution >= 0.6 is 0 Å². The Hall–Kier alpha value is -1.58. The molecule has 4 nitrogen and oxygen atoms in total. The SMILES string of the molecule is C=CCN.O=S(=O)(O)C(F)C(F)(F)C(F)(F)C(F)(F)C(F)(F)C(F)(F)C(F)C(F)C(F)C(F)C(F)F. The van der Waals surface area contributed by atoms with Crippen LogP contribution in [0.4, 0.5) is 74.6 Å². The summed E-state index contributed by atoms with van der Waals surface area (Å²) >= 11 is 0. The molecule has 0 fully saturated rings. The van der Waals surface area contributed by atoms with Gasteiger partial charge >= 0.3 is 39.7 Å². The van der Waals surface area contributed by atoms with Gasteiger partial charge in [0.05, 0.1) is 0 Å². The van der Waals surface area contributed by atoms with Crippen molar-refractivity contribution in [3.63, 3.8) is 0 Å². The standard InChI is InChI=1S/C11H7F17O3S.C3H7N/c12-1(3(14)5(16)17)2(13)4(15)7(19,20)9(23,24)11(27,28)10(25,26)8(21,22)6(18)32(29,30)31;1-2-3-4/h1-6H,(H,29,30,31);2H,1,3-4H2. The van der Waals surface area contributed by atoms with Crippen molar-refractivity contribution in [2.45, 2.75) is 66.2 Å². The van der Waals surface area contributed by atoms with Crippen molar-refractivity contribution < 1.29 is 87.6 Å². The van der Waals surface area contributed by atoms with Crippen molar-refractivity contribution >= 4 is 10.1 Å². The molecule has 0 aromatic carbocycles. The molecule has 0 saturated heterocycles. The lowest BCUT2D eigenvalue weighted by Gasteiger charge is -2.40. The zero-order valence-corrected chi connectivity index (χ0v) is 17.4. The second-order valence-corrected chi connectivity index (χ2v) is 7.84. The maximum absolute atomic E-state index is 13.4. The Morgan fingerprint density at radius 3 is 1.31 bits per heavy atom. The van der Waals surface area contributed by atoms with Gasteiger partial charge in [0.1, 0.15) is 0 Å². The summed E-state index contributed by atoms with van der Waals surface area (Å²) in [5.74, 6) is -40.3. The summed E-state index contributed by atoms with van der Waals surface area (Å²) in [6, 6.07) is 0. The van der Waals surface area contributed by atoms with E-state index >= 15 is 0 Å². The highest BCUT2D eigenvalue weighted by atomic mass is 32.2. The van der Waals surface area contributed by atoms with Crippen molar-refractivity contribution in [1.82, 2.24) is 0 Å². The Morgan fingerprint density at radius 2 is 1.03 bits per heavy atom. The molecule has 0 aliphatic carbocycles. The van der Waals surface area contributed by atoms with Crippen LogP contribution in [0.3, 0.4) is 0 Å². The molecule has 0 radical (unpaired) electrons. The normalized spacial score (nSPS) is 18.6.